The molecule has 2 heteroatoms. The molecule has 1 N–H and O–H groups in total. The Morgan fingerprint density at radius 2 is 2.18 bits per heavy atom. The van der Waals surface area contributed by atoms with Gasteiger partial charge in [0.25, 0.3) is 0 Å². The molecule has 1 nitrogen and oxygen atoms in total. The van der Waals surface area contributed by atoms with Gasteiger partial charge >= 0.3 is 0 Å². The molecule has 1 aliphatic carbocycles. The minimum atomic E-state index is 0.863. The summed E-state index contributed by atoms with van der Waals surface area (Å²) in [4.78, 5) is 0. The largest absolute Gasteiger partial charge is 0.316 e. The molecule has 1 heterocycles. The van der Waals surface area contributed by atoms with Gasteiger partial charge in [0.2, 0.25) is 0 Å². The normalized spacial score (nSPS) is 32.4. The molecule has 0 radical (unpaired) electrons. The van der Waals surface area contributed by atoms with Crippen LogP contribution in [0.25, 0.3) is 0 Å². The van der Waals surface area contributed by atoms with Crippen LogP contribution in [0.4, 0.5) is 0 Å². The van der Waals surface area contributed by atoms with Crippen LogP contribution >= 0.6 is 11.6 Å². The maximum Gasteiger partial charge on any atom is 0.0408 e. The first-order valence-electron chi connectivity index (χ1n) is 6.78. The van der Waals surface area contributed by atoms with Gasteiger partial charge in [-0.25, -0.2) is 0 Å². The van der Waals surface area contributed by atoms with Gasteiger partial charge in [-0.1, -0.05) is 30.2 Å². The van der Waals surface area contributed by atoms with Crippen LogP contribution in [0, 0.1) is 17.8 Å². The van der Waals surface area contributed by atoms with Crippen LogP contribution < -0.4 is 5.32 Å². The lowest BCUT2D eigenvalue weighted by atomic mass is 9.72. The van der Waals surface area contributed by atoms with Crippen LogP contribution in [0.15, 0.2) is 24.3 Å². The Balaban J connectivity index is 1.71. The van der Waals surface area contributed by atoms with Crippen molar-refractivity contribution in [1.29, 1.82) is 0 Å². The second kappa shape index (κ2) is 4.99. The van der Waals surface area contributed by atoms with Crippen molar-refractivity contribution in [2.24, 2.45) is 17.8 Å². The molecule has 0 bridgehead atoms. The van der Waals surface area contributed by atoms with Gasteiger partial charge in [-0.3, -0.25) is 0 Å². The standard InChI is InChI=1S/C15H20ClN/c16-14-6-1-3-11(8-14)7-12-4-2-5-13-9-17-10-15(12)13/h1,3,6,8,12-13,15,17H,2,4-5,7,9-10H2. The van der Waals surface area contributed by atoms with Gasteiger partial charge in [0, 0.05) is 5.02 Å². The highest BCUT2D eigenvalue weighted by molar-refractivity contribution is 6.30. The van der Waals surface area contributed by atoms with Gasteiger partial charge in [-0.15, -0.1) is 0 Å². The summed E-state index contributed by atoms with van der Waals surface area (Å²) in [5.41, 5.74) is 1.41. The molecule has 0 spiro atoms. The van der Waals surface area contributed by atoms with Crippen molar-refractivity contribution >= 4 is 11.6 Å². The minimum absolute atomic E-state index is 0.863. The Kier molecular flexibility index (Phi) is 3.39. The third kappa shape index (κ3) is 2.51. The fraction of sp³-hybridized carbons (Fsp3) is 0.600. The van der Waals surface area contributed by atoms with Crippen molar-refractivity contribution in [2.75, 3.05) is 13.1 Å². The van der Waals surface area contributed by atoms with Crippen LogP contribution in [-0.2, 0) is 6.42 Å². The van der Waals surface area contributed by atoms with E-state index in [9.17, 15) is 0 Å². The van der Waals surface area contributed by atoms with E-state index in [0.717, 1.165) is 22.8 Å². The summed E-state index contributed by atoms with van der Waals surface area (Å²) in [5.74, 6) is 2.71. The van der Waals surface area contributed by atoms with E-state index in [1.807, 2.05) is 6.07 Å². The lowest BCUT2D eigenvalue weighted by molar-refractivity contribution is 0.198. The zero-order valence-electron chi connectivity index (χ0n) is 10.2. The zero-order valence-corrected chi connectivity index (χ0v) is 10.9. The van der Waals surface area contributed by atoms with Crippen molar-refractivity contribution in [3.8, 4) is 0 Å². The Morgan fingerprint density at radius 1 is 1.24 bits per heavy atom. The van der Waals surface area contributed by atoms with Gasteiger partial charge in [0.15, 0.2) is 0 Å². The van der Waals surface area contributed by atoms with Gasteiger partial charge < -0.3 is 5.32 Å². The van der Waals surface area contributed by atoms with Gasteiger partial charge in [0.05, 0.1) is 0 Å². The van der Waals surface area contributed by atoms with Gasteiger partial charge in [-0.2, -0.15) is 0 Å². The summed E-state index contributed by atoms with van der Waals surface area (Å²) in [6, 6.07) is 8.39. The average Bonchev–Trinajstić information content (AvgIpc) is 2.78. The van der Waals surface area contributed by atoms with E-state index in [4.69, 9.17) is 11.6 Å². The van der Waals surface area contributed by atoms with Crippen molar-refractivity contribution in [1.82, 2.24) is 5.32 Å². The quantitative estimate of drug-likeness (QED) is 0.846. The van der Waals surface area contributed by atoms with E-state index in [1.165, 1.54) is 44.3 Å². The third-order valence-corrected chi connectivity index (χ3v) is 4.77. The fourth-order valence-electron chi connectivity index (χ4n) is 3.70. The molecule has 1 aromatic carbocycles. The molecule has 0 aromatic heterocycles. The second-order valence-electron chi connectivity index (χ2n) is 5.61. The highest BCUT2D eigenvalue weighted by Crippen LogP contribution is 2.38. The number of fused-ring (bicyclic) bond motifs is 1. The SMILES string of the molecule is Clc1cccc(CC2CCCC3CNCC32)c1. The number of nitrogens with one attached hydrogen (secondary N) is 1. The molecular formula is C15H20ClN. The number of rotatable bonds is 2. The first kappa shape index (κ1) is 11.6. The summed E-state index contributed by atoms with van der Waals surface area (Å²) in [6.45, 7) is 2.48. The molecule has 3 atom stereocenters. The predicted molar refractivity (Wildman–Crippen MR) is 72.3 cm³/mol. The number of hydrogen-bond acceptors (Lipinski definition) is 1. The molecular weight excluding hydrogens is 230 g/mol. The number of hydrogen-bond donors (Lipinski definition) is 1. The van der Waals surface area contributed by atoms with Crippen molar-refractivity contribution in [2.45, 2.75) is 25.7 Å². The molecule has 3 rings (SSSR count). The lowest BCUT2D eigenvalue weighted by Crippen LogP contribution is -2.28. The summed E-state index contributed by atoms with van der Waals surface area (Å²) < 4.78 is 0. The summed E-state index contributed by atoms with van der Waals surface area (Å²) >= 11 is 6.06. The monoisotopic (exact) mass is 249 g/mol. The zero-order chi connectivity index (χ0) is 11.7. The first-order valence-corrected chi connectivity index (χ1v) is 7.16. The van der Waals surface area contributed by atoms with Gasteiger partial charge in [0.1, 0.15) is 0 Å². The Labute approximate surface area is 109 Å². The summed E-state index contributed by atoms with van der Waals surface area (Å²) in [7, 11) is 0. The van der Waals surface area contributed by atoms with E-state index in [0.29, 0.717) is 0 Å². The van der Waals surface area contributed by atoms with Crippen LogP contribution in [0.3, 0.4) is 0 Å². The molecule has 1 saturated heterocycles. The maximum absolute atomic E-state index is 6.06. The lowest BCUT2D eigenvalue weighted by Gasteiger charge is -2.33. The van der Waals surface area contributed by atoms with Crippen LogP contribution in [0.1, 0.15) is 24.8 Å². The predicted octanol–water partition coefficient (Wildman–Crippen LogP) is 3.52. The number of benzene rings is 1. The smallest absolute Gasteiger partial charge is 0.0408 e. The van der Waals surface area contributed by atoms with Crippen LogP contribution in [-0.4, -0.2) is 13.1 Å². The molecule has 92 valence electrons. The minimum Gasteiger partial charge on any atom is -0.316 e. The average molecular weight is 250 g/mol. The third-order valence-electron chi connectivity index (χ3n) is 4.53. The van der Waals surface area contributed by atoms with Crippen LogP contribution in [0.2, 0.25) is 5.02 Å². The van der Waals surface area contributed by atoms with E-state index in [-0.39, 0.29) is 0 Å². The molecule has 1 saturated carbocycles. The highest BCUT2D eigenvalue weighted by Gasteiger charge is 2.36. The first-order chi connectivity index (χ1) is 8.33. The Morgan fingerprint density at radius 3 is 3.06 bits per heavy atom. The topological polar surface area (TPSA) is 12.0 Å². The molecule has 2 aliphatic rings. The van der Waals surface area contributed by atoms with Crippen LogP contribution in [0.5, 0.6) is 0 Å². The van der Waals surface area contributed by atoms with E-state index in [1.54, 1.807) is 0 Å². The number of halogens is 1. The Hall–Kier alpha value is -0.530. The molecule has 17 heavy (non-hydrogen) atoms. The fourth-order valence-corrected chi connectivity index (χ4v) is 3.91. The second-order valence-corrected chi connectivity index (χ2v) is 6.04. The molecule has 2 fully saturated rings. The Bertz CT molecular complexity index is 390. The summed E-state index contributed by atoms with van der Waals surface area (Å²) in [5, 5.41) is 4.44. The van der Waals surface area contributed by atoms with Crippen molar-refractivity contribution in [3.05, 3.63) is 34.9 Å². The van der Waals surface area contributed by atoms with E-state index >= 15 is 0 Å². The molecule has 0 amide bonds. The molecule has 1 aromatic rings. The summed E-state index contributed by atoms with van der Waals surface area (Å²) in [6.07, 6.45) is 5.45. The van der Waals surface area contributed by atoms with Gasteiger partial charge in [-0.05, 0) is 67.8 Å². The van der Waals surface area contributed by atoms with E-state index < -0.39 is 0 Å². The maximum atomic E-state index is 6.06. The molecule has 3 unspecified atom stereocenters. The van der Waals surface area contributed by atoms with E-state index in [2.05, 4.69) is 23.5 Å². The van der Waals surface area contributed by atoms with Crippen molar-refractivity contribution < 1.29 is 0 Å². The molecule has 1 aliphatic heterocycles. The van der Waals surface area contributed by atoms with Crippen molar-refractivity contribution in [3.63, 3.8) is 0 Å². The highest BCUT2D eigenvalue weighted by atomic mass is 35.5.